The SMILES string of the molecule is CCCCCCCCCCOc1cc(/C=C(\c2ccccc2)c2ccc(C)cc2)c(C)cc1/C=C(\c1ccccc1)c1ccc(C)cc1. The molecule has 0 saturated heterocycles. The van der Waals surface area contributed by atoms with Crippen molar-refractivity contribution in [2.24, 2.45) is 0 Å². The van der Waals surface area contributed by atoms with Gasteiger partial charge in [0.15, 0.2) is 0 Å². The van der Waals surface area contributed by atoms with Crippen molar-refractivity contribution in [3.05, 3.63) is 171 Å². The summed E-state index contributed by atoms with van der Waals surface area (Å²) in [5, 5.41) is 0. The molecule has 246 valence electrons. The van der Waals surface area contributed by atoms with Gasteiger partial charge in [0, 0.05) is 5.56 Å². The molecule has 0 atom stereocenters. The number of rotatable bonds is 16. The number of ether oxygens (including phenoxy) is 1. The Labute approximate surface area is 290 Å². The highest BCUT2D eigenvalue weighted by atomic mass is 16.5. The van der Waals surface area contributed by atoms with Gasteiger partial charge in [-0.1, -0.05) is 172 Å². The Morgan fingerprint density at radius 1 is 0.479 bits per heavy atom. The maximum absolute atomic E-state index is 6.70. The van der Waals surface area contributed by atoms with E-state index in [9.17, 15) is 0 Å². The summed E-state index contributed by atoms with van der Waals surface area (Å²) in [6.07, 6.45) is 14.9. The zero-order valence-corrected chi connectivity index (χ0v) is 29.5. The zero-order valence-electron chi connectivity index (χ0n) is 29.5. The molecule has 0 amide bonds. The molecule has 5 rings (SSSR count). The van der Waals surface area contributed by atoms with Crippen molar-refractivity contribution in [1.82, 2.24) is 0 Å². The van der Waals surface area contributed by atoms with Crippen molar-refractivity contribution in [2.75, 3.05) is 6.61 Å². The molecule has 0 N–H and O–H groups in total. The average molecular weight is 633 g/mol. The molecule has 0 fully saturated rings. The second-order valence-corrected chi connectivity index (χ2v) is 13.2. The molecule has 1 nitrogen and oxygen atoms in total. The van der Waals surface area contributed by atoms with Crippen molar-refractivity contribution in [1.29, 1.82) is 0 Å². The van der Waals surface area contributed by atoms with Gasteiger partial charge in [-0.05, 0) is 96.0 Å². The standard InChI is InChI=1S/C47H52O/c1-5-6-7-8-9-10-11-18-31-48-47-35-43(33-45(39-19-14-12-15-20-39)41-27-23-36(2)24-28-41)38(4)32-44(47)34-46(40-21-16-13-17-22-40)42-29-25-37(3)26-30-42/h12-17,19-30,32-35H,5-11,18,31H2,1-4H3/b45-33+,46-34+. The van der Waals surface area contributed by atoms with Gasteiger partial charge in [0.2, 0.25) is 0 Å². The summed E-state index contributed by atoms with van der Waals surface area (Å²) in [5.74, 6) is 0.937. The molecule has 0 aromatic heterocycles. The summed E-state index contributed by atoms with van der Waals surface area (Å²) in [4.78, 5) is 0. The molecular weight excluding hydrogens is 581 g/mol. The second kappa shape index (κ2) is 18.1. The van der Waals surface area contributed by atoms with Crippen molar-refractivity contribution < 1.29 is 4.74 Å². The average Bonchev–Trinajstić information content (AvgIpc) is 3.11. The van der Waals surface area contributed by atoms with Crippen LogP contribution in [0.4, 0.5) is 0 Å². The van der Waals surface area contributed by atoms with Crippen LogP contribution in [0.3, 0.4) is 0 Å². The Kier molecular flexibility index (Phi) is 13.1. The van der Waals surface area contributed by atoms with Crippen LogP contribution in [0.2, 0.25) is 0 Å². The highest BCUT2D eigenvalue weighted by Crippen LogP contribution is 2.34. The van der Waals surface area contributed by atoms with Crippen LogP contribution in [0.15, 0.2) is 121 Å². The molecule has 0 bridgehead atoms. The lowest BCUT2D eigenvalue weighted by atomic mass is 9.91. The van der Waals surface area contributed by atoms with E-state index in [1.54, 1.807) is 0 Å². The fourth-order valence-electron chi connectivity index (χ4n) is 6.22. The molecule has 1 heteroatoms. The third-order valence-electron chi connectivity index (χ3n) is 9.15. The van der Waals surface area contributed by atoms with Gasteiger partial charge in [-0.3, -0.25) is 0 Å². The summed E-state index contributed by atoms with van der Waals surface area (Å²) in [6, 6.07) is 43.7. The van der Waals surface area contributed by atoms with Gasteiger partial charge in [-0.15, -0.1) is 0 Å². The van der Waals surface area contributed by atoms with Crippen LogP contribution < -0.4 is 4.74 Å². The number of hydrogen-bond acceptors (Lipinski definition) is 1. The number of unbranched alkanes of at least 4 members (excludes halogenated alkanes) is 7. The molecule has 0 spiro atoms. The van der Waals surface area contributed by atoms with E-state index in [2.05, 4.69) is 161 Å². The van der Waals surface area contributed by atoms with Crippen molar-refractivity contribution in [3.63, 3.8) is 0 Å². The number of aryl methyl sites for hydroxylation is 3. The molecule has 0 unspecified atom stereocenters. The Balaban J connectivity index is 1.54. The molecule has 5 aromatic carbocycles. The van der Waals surface area contributed by atoms with Crippen LogP contribution in [0.25, 0.3) is 23.3 Å². The summed E-state index contributed by atoms with van der Waals surface area (Å²) >= 11 is 0. The van der Waals surface area contributed by atoms with Gasteiger partial charge >= 0.3 is 0 Å². The summed E-state index contributed by atoms with van der Waals surface area (Å²) in [7, 11) is 0. The summed E-state index contributed by atoms with van der Waals surface area (Å²) in [6.45, 7) is 9.50. The van der Waals surface area contributed by atoms with Crippen molar-refractivity contribution >= 4 is 23.3 Å². The Morgan fingerprint density at radius 3 is 1.42 bits per heavy atom. The third-order valence-corrected chi connectivity index (χ3v) is 9.15. The first kappa shape index (κ1) is 34.7. The summed E-state index contributed by atoms with van der Waals surface area (Å²) < 4.78 is 6.70. The van der Waals surface area contributed by atoms with E-state index in [0.29, 0.717) is 0 Å². The van der Waals surface area contributed by atoms with Gasteiger partial charge in [0.05, 0.1) is 6.61 Å². The van der Waals surface area contributed by atoms with E-state index in [1.165, 1.54) is 101 Å². The van der Waals surface area contributed by atoms with E-state index >= 15 is 0 Å². The van der Waals surface area contributed by atoms with E-state index in [4.69, 9.17) is 4.74 Å². The number of hydrogen-bond donors (Lipinski definition) is 0. The van der Waals surface area contributed by atoms with E-state index in [-0.39, 0.29) is 0 Å². The molecule has 5 aromatic rings. The van der Waals surface area contributed by atoms with Crippen LogP contribution in [0, 0.1) is 20.8 Å². The van der Waals surface area contributed by atoms with Crippen LogP contribution in [0.1, 0.15) is 108 Å². The maximum atomic E-state index is 6.70. The first-order chi connectivity index (χ1) is 23.5. The lowest BCUT2D eigenvalue weighted by molar-refractivity contribution is 0.303. The highest BCUT2D eigenvalue weighted by Gasteiger charge is 2.13. The molecule has 0 aliphatic rings. The predicted octanol–water partition coefficient (Wildman–Crippen LogP) is 13.3. The maximum Gasteiger partial charge on any atom is 0.127 e. The minimum absolute atomic E-state index is 0.719. The smallest absolute Gasteiger partial charge is 0.127 e. The van der Waals surface area contributed by atoms with Gasteiger partial charge in [-0.25, -0.2) is 0 Å². The molecular formula is C47H52O. The minimum atomic E-state index is 0.719. The van der Waals surface area contributed by atoms with E-state index in [0.717, 1.165) is 24.3 Å². The monoisotopic (exact) mass is 632 g/mol. The van der Waals surface area contributed by atoms with E-state index < -0.39 is 0 Å². The van der Waals surface area contributed by atoms with E-state index in [1.807, 2.05) is 0 Å². The fraction of sp³-hybridized carbons (Fsp3) is 0.277. The normalized spacial score (nSPS) is 11.9. The van der Waals surface area contributed by atoms with Crippen LogP contribution in [-0.4, -0.2) is 6.61 Å². The lowest BCUT2D eigenvalue weighted by Gasteiger charge is -2.16. The van der Waals surface area contributed by atoms with Gasteiger partial charge in [0.25, 0.3) is 0 Å². The Morgan fingerprint density at radius 2 is 0.917 bits per heavy atom. The largest absolute Gasteiger partial charge is 0.493 e. The second-order valence-electron chi connectivity index (χ2n) is 13.2. The van der Waals surface area contributed by atoms with Crippen molar-refractivity contribution in [2.45, 2.75) is 79.1 Å². The van der Waals surface area contributed by atoms with Gasteiger partial charge in [-0.2, -0.15) is 0 Å². The summed E-state index contributed by atoms with van der Waals surface area (Å²) in [5.41, 5.74) is 13.2. The highest BCUT2D eigenvalue weighted by molar-refractivity contribution is 5.94. The first-order valence-electron chi connectivity index (χ1n) is 18.0. The van der Waals surface area contributed by atoms with Crippen LogP contribution in [0.5, 0.6) is 5.75 Å². The quantitative estimate of drug-likeness (QED) is 0.0777. The minimum Gasteiger partial charge on any atom is -0.493 e. The Bertz CT molecular complexity index is 1760. The topological polar surface area (TPSA) is 9.23 Å². The molecule has 48 heavy (non-hydrogen) atoms. The third kappa shape index (κ3) is 9.94. The molecule has 0 heterocycles. The molecule has 0 saturated carbocycles. The van der Waals surface area contributed by atoms with Gasteiger partial charge < -0.3 is 4.74 Å². The number of benzene rings is 5. The first-order valence-corrected chi connectivity index (χ1v) is 18.0. The Hall–Kier alpha value is -4.62. The van der Waals surface area contributed by atoms with Crippen molar-refractivity contribution in [3.8, 4) is 5.75 Å². The molecule has 0 aliphatic carbocycles. The predicted molar refractivity (Wildman–Crippen MR) is 208 cm³/mol. The van der Waals surface area contributed by atoms with Crippen LogP contribution in [-0.2, 0) is 0 Å². The zero-order chi connectivity index (χ0) is 33.6. The molecule has 0 aliphatic heterocycles. The molecule has 0 radical (unpaired) electrons. The van der Waals surface area contributed by atoms with Gasteiger partial charge in [0.1, 0.15) is 5.75 Å². The lowest BCUT2D eigenvalue weighted by Crippen LogP contribution is -2.01. The van der Waals surface area contributed by atoms with Crippen LogP contribution >= 0.6 is 0 Å². The fourth-order valence-corrected chi connectivity index (χ4v) is 6.22.